The molecule has 1 atom stereocenters. The Balaban J connectivity index is 1.78. The molecule has 0 bridgehead atoms. The Labute approximate surface area is 108 Å². The van der Waals surface area contributed by atoms with Gasteiger partial charge in [-0.2, -0.15) is 4.98 Å². The van der Waals surface area contributed by atoms with Crippen LogP contribution in [0.15, 0.2) is 35.5 Å². The molecule has 0 aromatic carbocycles. The van der Waals surface area contributed by atoms with Crippen molar-refractivity contribution in [2.24, 2.45) is 5.73 Å². The lowest BCUT2D eigenvalue weighted by atomic mass is 10.2. The lowest BCUT2D eigenvalue weighted by molar-refractivity contribution is 0.353. The van der Waals surface area contributed by atoms with E-state index in [2.05, 4.69) is 30.1 Å². The van der Waals surface area contributed by atoms with Crippen LogP contribution in [0.3, 0.4) is 0 Å². The second-order valence-electron chi connectivity index (χ2n) is 3.92. The fraction of sp³-hybridized carbons (Fsp3) is 0.182. The van der Waals surface area contributed by atoms with Crippen LogP contribution in [0.5, 0.6) is 0 Å². The Hall–Kier alpha value is -2.61. The molecule has 0 unspecified atom stereocenters. The number of rotatable bonds is 4. The molecule has 8 heteroatoms. The highest BCUT2D eigenvalue weighted by Gasteiger charge is 2.17. The zero-order valence-corrected chi connectivity index (χ0v) is 9.89. The van der Waals surface area contributed by atoms with Gasteiger partial charge in [-0.25, -0.2) is 15.0 Å². The summed E-state index contributed by atoms with van der Waals surface area (Å²) >= 11 is 0. The number of aromatic nitrogens is 6. The van der Waals surface area contributed by atoms with Crippen LogP contribution < -0.4 is 5.73 Å². The molecule has 0 radical (unpaired) electrons. The molecule has 3 heterocycles. The number of nitrogens with one attached hydrogen (secondary N) is 1. The van der Waals surface area contributed by atoms with Crippen LogP contribution in [-0.4, -0.2) is 30.1 Å². The maximum absolute atomic E-state index is 5.99. The topological polar surface area (TPSA) is 119 Å². The van der Waals surface area contributed by atoms with Gasteiger partial charge < -0.3 is 15.2 Å². The Bertz CT molecular complexity index is 634. The summed E-state index contributed by atoms with van der Waals surface area (Å²) in [7, 11) is 0. The lowest BCUT2D eigenvalue weighted by Crippen LogP contribution is -2.14. The van der Waals surface area contributed by atoms with Crippen molar-refractivity contribution < 1.29 is 4.52 Å². The molecule has 0 fully saturated rings. The van der Waals surface area contributed by atoms with Crippen molar-refractivity contribution in [1.82, 2.24) is 30.1 Å². The number of nitrogens with two attached hydrogens (primary N) is 1. The summed E-state index contributed by atoms with van der Waals surface area (Å²) in [4.78, 5) is 19.2. The van der Waals surface area contributed by atoms with E-state index in [1.54, 1.807) is 31.0 Å². The van der Waals surface area contributed by atoms with E-state index >= 15 is 0 Å². The van der Waals surface area contributed by atoms with Gasteiger partial charge in [-0.05, 0) is 6.07 Å². The zero-order valence-electron chi connectivity index (χ0n) is 9.89. The molecule has 96 valence electrons. The van der Waals surface area contributed by atoms with Gasteiger partial charge in [0, 0.05) is 30.7 Å². The molecule has 3 aromatic rings. The van der Waals surface area contributed by atoms with E-state index in [1.807, 2.05) is 0 Å². The van der Waals surface area contributed by atoms with Crippen LogP contribution >= 0.6 is 0 Å². The first kappa shape index (κ1) is 11.5. The van der Waals surface area contributed by atoms with Crippen LogP contribution in [0.1, 0.15) is 17.6 Å². The molecule has 0 aliphatic heterocycles. The Kier molecular flexibility index (Phi) is 2.99. The molecule has 3 aromatic heterocycles. The molecule has 3 rings (SSSR count). The minimum absolute atomic E-state index is 0.329. The van der Waals surface area contributed by atoms with Crippen LogP contribution in [0, 0.1) is 0 Å². The lowest BCUT2D eigenvalue weighted by Gasteiger charge is -2.03. The van der Waals surface area contributed by atoms with E-state index in [4.69, 9.17) is 10.3 Å². The fourth-order valence-corrected chi connectivity index (χ4v) is 1.61. The highest BCUT2D eigenvalue weighted by Crippen LogP contribution is 2.16. The number of H-pyrrole nitrogens is 1. The number of hydrogen-bond acceptors (Lipinski definition) is 7. The van der Waals surface area contributed by atoms with Crippen molar-refractivity contribution in [1.29, 1.82) is 0 Å². The van der Waals surface area contributed by atoms with Gasteiger partial charge in [-0.1, -0.05) is 5.16 Å². The van der Waals surface area contributed by atoms with Gasteiger partial charge in [-0.3, -0.25) is 0 Å². The summed E-state index contributed by atoms with van der Waals surface area (Å²) in [6.45, 7) is 0. The maximum atomic E-state index is 5.99. The van der Waals surface area contributed by atoms with Crippen molar-refractivity contribution in [3.8, 4) is 11.6 Å². The average Bonchev–Trinajstić information content (AvgIpc) is 3.10. The molecule has 0 amide bonds. The summed E-state index contributed by atoms with van der Waals surface area (Å²) in [6.07, 6.45) is 7.07. The average molecular weight is 257 g/mol. The van der Waals surface area contributed by atoms with Crippen molar-refractivity contribution in [3.05, 3.63) is 42.6 Å². The second kappa shape index (κ2) is 4.94. The van der Waals surface area contributed by atoms with E-state index in [0.29, 0.717) is 24.0 Å². The molecule has 0 aliphatic carbocycles. The predicted molar refractivity (Wildman–Crippen MR) is 64.5 cm³/mol. The van der Waals surface area contributed by atoms with E-state index in [0.717, 1.165) is 5.69 Å². The first-order chi connectivity index (χ1) is 9.33. The highest BCUT2D eigenvalue weighted by molar-refractivity contribution is 5.40. The maximum Gasteiger partial charge on any atom is 0.244 e. The van der Waals surface area contributed by atoms with Crippen LogP contribution in [0.4, 0.5) is 0 Å². The van der Waals surface area contributed by atoms with E-state index < -0.39 is 6.04 Å². The van der Waals surface area contributed by atoms with Gasteiger partial charge in [0.2, 0.25) is 17.5 Å². The van der Waals surface area contributed by atoms with Gasteiger partial charge in [0.1, 0.15) is 0 Å². The smallest absolute Gasteiger partial charge is 0.244 e. The van der Waals surface area contributed by atoms with Gasteiger partial charge in [0.15, 0.2) is 0 Å². The van der Waals surface area contributed by atoms with Gasteiger partial charge in [0.25, 0.3) is 0 Å². The second-order valence-corrected chi connectivity index (χ2v) is 3.92. The number of nitrogens with zero attached hydrogens (tertiary/aromatic N) is 5. The fourth-order valence-electron chi connectivity index (χ4n) is 1.61. The number of aromatic amines is 1. The van der Waals surface area contributed by atoms with Crippen LogP contribution in [0.2, 0.25) is 0 Å². The molecular formula is C11H11N7O. The van der Waals surface area contributed by atoms with Crippen molar-refractivity contribution in [3.63, 3.8) is 0 Å². The molecule has 0 saturated carbocycles. The van der Waals surface area contributed by atoms with E-state index in [1.165, 1.54) is 0 Å². The van der Waals surface area contributed by atoms with Crippen molar-refractivity contribution in [2.75, 3.05) is 0 Å². The molecule has 0 spiro atoms. The zero-order chi connectivity index (χ0) is 13.1. The third-order valence-electron chi connectivity index (χ3n) is 2.52. The van der Waals surface area contributed by atoms with Crippen LogP contribution in [-0.2, 0) is 6.42 Å². The van der Waals surface area contributed by atoms with Crippen molar-refractivity contribution >= 4 is 0 Å². The Morgan fingerprint density at radius 3 is 2.84 bits per heavy atom. The summed E-state index contributed by atoms with van der Waals surface area (Å²) in [5.74, 6) is 1.08. The minimum atomic E-state index is -0.398. The highest BCUT2D eigenvalue weighted by atomic mass is 16.5. The summed E-state index contributed by atoms with van der Waals surface area (Å²) in [5, 5.41) is 3.82. The quantitative estimate of drug-likeness (QED) is 0.697. The monoisotopic (exact) mass is 257 g/mol. The molecule has 19 heavy (non-hydrogen) atoms. The standard InChI is InChI=1S/C11H11N7O/c12-8(4-7-5-13-6-16-7)11-17-10(18-19-11)9-14-2-1-3-15-9/h1-3,5-6,8H,4,12H2,(H,13,16)/t8-/m1/s1. The third-order valence-corrected chi connectivity index (χ3v) is 2.52. The van der Waals surface area contributed by atoms with Gasteiger partial charge in [-0.15, -0.1) is 0 Å². The number of hydrogen-bond donors (Lipinski definition) is 2. The molecule has 3 N–H and O–H groups in total. The Morgan fingerprint density at radius 2 is 2.11 bits per heavy atom. The number of imidazole rings is 1. The Morgan fingerprint density at radius 1 is 1.26 bits per heavy atom. The van der Waals surface area contributed by atoms with Crippen molar-refractivity contribution in [2.45, 2.75) is 12.5 Å². The minimum Gasteiger partial charge on any atom is -0.348 e. The third kappa shape index (κ3) is 2.47. The predicted octanol–water partition coefficient (Wildman–Crippen LogP) is 0.492. The molecule has 0 saturated heterocycles. The molecular weight excluding hydrogens is 246 g/mol. The van der Waals surface area contributed by atoms with Gasteiger partial charge >= 0.3 is 0 Å². The van der Waals surface area contributed by atoms with E-state index in [-0.39, 0.29) is 0 Å². The first-order valence-electron chi connectivity index (χ1n) is 5.67. The largest absolute Gasteiger partial charge is 0.348 e. The molecule has 8 nitrogen and oxygen atoms in total. The first-order valence-corrected chi connectivity index (χ1v) is 5.67. The summed E-state index contributed by atoms with van der Waals surface area (Å²) in [5.41, 5.74) is 6.90. The molecule has 0 aliphatic rings. The summed E-state index contributed by atoms with van der Waals surface area (Å²) < 4.78 is 5.13. The van der Waals surface area contributed by atoms with Gasteiger partial charge in [0.05, 0.1) is 12.4 Å². The normalized spacial score (nSPS) is 12.5. The summed E-state index contributed by atoms with van der Waals surface area (Å²) in [6, 6.07) is 1.32. The van der Waals surface area contributed by atoms with E-state index in [9.17, 15) is 0 Å². The van der Waals surface area contributed by atoms with Crippen LogP contribution in [0.25, 0.3) is 11.6 Å². The SMILES string of the molecule is N[C@H](Cc1cnc[nH]1)c1nc(-c2ncccn2)no1.